The van der Waals surface area contributed by atoms with Gasteiger partial charge in [-0.25, -0.2) is 4.39 Å². The van der Waals surface area contributed by atoms with E-state index >= 15 is 0 Å². The summed E-state index contributed by atoms with van der Waals surface area (Å²) in [5.41, 5.74) is 6.93. The minimum Gasteiger partial charge on any atom is -0.370 e. The van der Waals surface area contributed by atoms with E-state index < -0.39 is 0 Å². The topological polar surface area (TPSA) is 32.5 Å². The van der Waals surface area contributed by atoms with Crippen LogP contribution in [-0.4, -0.2) is 44.2 Å². The maximum Gasteiger partial charge on any atom is 0.123 e. The van der Waals surface area contributed by atoms with E-state index in [0.29, 0.717) is 18.5 Å². The Bertz CT molecular complexity index is 379. The zero-order valence-corrected chi connectivity index (χ0v) is 11.1. The number of anilines is 1. The van der Waals surface area contributed by atoms with E-state index in [4.69, 9.17) is 5.73 Å². The van der Waals surface area contributed by atoms with E-state index in [0.717, 1.165) is 25.3 Å². The lowest BCUT2D eigenvalue weighted by Crippen LogP contribution is -2.43. The minimum absolute atomic E-state index is 0.186. The standard InChI is InChI=1S/C14H22FN3/c1-11-8-17(2)14(7-16)10-18(9-11)13-5-3-12(15)4-6-13/h3-6,11,14H,7-10,16H2,1-2H3. The Morgan fingerprint density at radius 1 is 1.22 bits per heavy atom. The summed E-state index contributed by atoms with van der Waals surface area (Å²) in [5, 5.41) is 0. The number of likely N-dealkylation sites (N-methyl/N-ethyl adjacent to an activating group) is 1. The molecular weight excluding hydrogens is 229 g/mol. The highest BCUT2D eigenvalue weighted by Gasteiger charge is 2.24. The number of benzene rings is 1. The molecule has 1 heterocycles. The second-order valence-electron chi connectivity index (χ2n) is 5.32. The first-order valence-electron chi connectivity index (χ1n) is 6.51. The monoisotopic (exact) mass is 251 g/mol. The molecule has 0 spiro atoms. The van der Waals surface area contributed by atoms with Crippen molar-refractivity contribution in [3.05, 3.63) is 30.1 Å². The van der Waals surface area contributed by atoms with Crippen molar-refractivity contribution in [2.24, 2.45) is 11.7 Å². The molecule has 1 fully saturated rings. The summed E-state index contributed by atoms with van der Waals surface area (Å²) < 4.78 is 13.0. The van der Waals surface area contributed by atoms with Crippen molar-refractivity contribution in [3.8, 4) is 0 Å². The van der Waals surface area contributed by atoms with E-state index in [1.807, 2.05) is 12.1 Å². The molecule has 3 nitrogen and oxygen atoms in total. The lowest BCUT2D eigenvalue weighted by Gasteiger charge is -2.29. The molecule has 4 heteroatoms. The molecule has 2 unspecified atom stereocenters. The highest BCUT2D eigenvalue weighted by molar-refractivity contribution is 5.46. The van der Waals surface area contributed by atoms with Crippen molar-refractivity contribution in [2.45, 2.75) is 13.0 Å². The van der Waals surface area contributed by atoms with Gasteiger partial charge in [-0.05, 0) is 37.2 Å². The first kappa shape index (κ1) is 13.3. The second kappa shape index (κ2) is 5.67. The van der Waals surface area contributed by atoms with E-state index in [2.05, 4.69) is 23.8 Å². The van der Waals surface area contributed by atoms with Crippen LogP contribution in [0.25, 0.3) is 0 Å². The summed E-state index contributed by atoms with van der Waals surface area (Å²) in [6.45, 7) is 5.85. The van der Waals surface area contributed by atoms with Crippen LogP contribution in [-0.2, 0) is 0 Å². The van der Waals surface area contributed by atoms with Crippen LogP contribution in [0.4, 0.5) is 10.1 Å². The number of rotatable bonds is 2. The molecule has 1 aliphatic heterocycles. The molecule has 18 heavy (non-hydrogen) atoms. The van der Waals surface area contributed by atoms with Crippen LogP contribution in [0.15, 0.2) is 24.3 Å². The third kappa shape index (κ3) is 3.00. The van der Waals surface area contributed by atoms with E-state index in [1.165, 1.54) is 12.1 Å². The van der Waals surface area contributed by atoms with E-state index in [-0.39, 0.29) is 5.82 Å². The molecule has 1 aliphatic rings. The summed E-state index contributed by atoms with van der Waals surface area (Å²) in [7, 11) is 2.13. The third-order valence-electron chi connectivity index (χ3n) is 3.65. The fourth-order valence-corrected chi connectivity index (χ4v) is 2.66. The molecule has 0 aliphatic carbocycles. The van der Waals surface area contributed by atoms with Crippen molar-refractivity contribution < 1.29 is 4.39 Å². The van der Waals surface area contributed by atoms with Crippen LogP contribution >= 0.6 is 0 Å². The fraction of sp³-hybridized carbons (Fsp3) is 0.571. The SMILES string of the molecule is CC1CN(c2ccc(F)cc2)CC(CN)N(C)C1. The van der Waals surface area contributed by atoms with Gasteiger partial charge in [0.25, 0.3) is 0 Å². The molecule has 1 saturated heterocycles. The Labute approximate surface area is 108 Å². The Morgan fingerprint density at radius 3 is 2.50 bits per heavy atom. The first-order chi connectivity index (χ1) is 8.60. The summed E-state index contributed by atoms with van der Waals surface area (Å²) in [4.78, 5) is 4.64. The van der Waals surface area contributed by atoms with Crippen molar-refractivity contribution >= 4 is 5.69 Å². The molecule has 2 N–H and O–H groups in total. The van der Waals surface area contributed by atoms with E-state index in [1.54, 1.807) is 0 Å². The van der Waals surface area contributed by atoms with Gasteiger partial charge in [0, 0.05) is 37.9 Å². The number of nitrogens with two attached hydrogens (primary N) is 1. The maximum atomic E-state index is 13.0. The van der Waals surface area contributed by atoms with Gasteiger partial charge in [-0.2, -0.15) is 0 Å². The van der Waals surface area contributed by atoms with Gasteiger partial charge in [0.05, 0.1) is 0 Å². The van der Waals surface area contributed by atoms with Crippen LogP contribution in [0.1, 0.15) is 6.92 Å². The van der Waals surface area contributed by atoms with Gasteiger partial charge in [0.1, 0.15) is 5.82 Å². The molecule has 0 saturated carbocycles. The fourth-order valence-electron chi connectivity index (χ4n) is 2.66. The van der Waals surface area contributed by atoms with Crippen LogP contribution < -0.4 is 10.6 Å². The minimum atomic E-state index is -0.186. The zero-order chi connectivity index (χ0) is 13.1. The Morgan fingerprint density at radius 2 is 1.89 bits per heavy atom. The normalized spacial score (nSPS) is 26.1. The summed E-state index contributed by atoms with van der Waals surface area (Å²) >= 11 is 0. The van der Waals surface area contributed by atoms with Crippen molar-refractivity contribution in [1.29, 1.82) is 0 Å². The molecule has 0 amide bonds. The van der Waals surface area contributed by atoms with Gasteiger partial charge in [0.15, 0.2) is 0 Å². The molecule has 1 aromatic rings. The Hall–Kier alpha value is -1.13. The van der Waals surface area contributed by atoms with Crippen molar-refractivity contribution in [1.82, 2.24) is 4.90 Å². The molecular formula is C14H22FN3. The van der Waals surface area contributed by atoms with Crippen molar-refractivity contribution in [2.75, 3.05) is 38.1 Å². The number of halogens is 1. The zero-order valence-electron chi connectivity index (χ0n) is 11.1. The molecule has 0 bridgehead atoms. The van der Waals surface area contributed by atoms with Gasteiger partial charge in [-0.15, -0.1) is 0 Å². The summed E-state index contributed by atoms with van der Waals surface area (Å²) in [6.07, 6.45) is 0. The van der Waals surface area contributed by atoms with Gasteiger partial charge >= 0.3 is 0 Å². The van der Waals surface area contributed by atoms with Crippen LogP contribution in [0.5, 0.6) is 0 Å². The second-order valence-corrected chi connectivity index (χ2v) is 5.32. The Balaban J connectivity index is 2.18. The van der Waals surface area contributed by atoms with Crippen LogP contribution in [0.3, 0.4) is 0 Å². The van der Waals surface area contributed by atoms with Gasteiger partial charge < -0.3 is 15.5 Å². The molecule has 0 aromatic heterocycles. The average Bonchev–Trinajstić information content (AvgIpc) is 2.48. The average molecular weight is 251 g/mol. The van der Waals surface area contributed by atoms with Gasteiger partial charge in [0.2, 0.25) is 0 Å². The summed E-state index contributed by atoms with van der Waals surface area (Å²) in [6, 6.07) is 7.10. The number of hydrogen-bond donors (Lipinski definition) is 1. The molecule has 1 aromatic carbocycles. The summed E-state index contributed by atoms with van der Waals surface area (Å²) in [5.74, 6) is 0.394. The van der Waals surface area contributed by atoms with Crippen LogP contribution in [0, 0.1) is 11.7 Å². The smallest absolute Gasteiger partial charge is 0.123 e. The lowest BCUT2D eigenvalue weighted by atomic mass is 10.1. The molecule has 2 rings (SSSR count). The van der Waals surface area contributed by atoms with Crippen LogP contribution in [0.2, 0.25) is 0 Å². The molecule has 2 atom stereocenters. The largest absolute Gasteiger partial charge is 0.370 e. The number of hydrogen-bond acceptors (Lipinski definition) is 3. The Kier molecular flexibility index (Phi) is 4.19. The quantitative estimate of drug-likeness (QED) is 0.865. The highest BCUT2D eigenvalue weighted by Crippen LogP contribution is 2.20. The van der Waals surface area contributed by atoms with Gasteiger partial charge in [-0.3, -0.25) is 0 Å². The molecule has 100 valence electrons. The lowest BCUT2D eigenvalue weighted by molar-refractivity contribution is 0.244. The third-order valence-corrected chi connectivity index (χ3v) is 3.65. The molecule has 0 radical (unpaired) electrons. The maximum absolute atomic E-state index is 13.0. The number of nitrogens with zero attached hydrogens (tertiary/aromatic N) is 2. The highest BCUT2D eigenvalue weighted by atomic mass is 19.1. The first-order valence-corrected chi connectivity index (χ1v) is 6.51. The predicted octanol–water partition coefficient (Wildman–Crippen LogP) is 1.54. The predicted molar refractivity (Wildman–Crippen MR) is 73.2 cm³/mol. The van der Waals surface area contributed by atoms with E-state index in [9.17, 15) is 4.39 Å². The van der Waals surface area contributed by atoms with Crippen molar-refractivity contribution in [3.63, 3.8) is 0 Å². The van der Waals surface area contributed by atoms with Gasteiger partial charge in [-0.1, -0.05) is 6.92 Å².